The van der Waals surface area contributed by atoms with Crippen molar-refractivity contribution in [2.24, 2.45) is 0 Å². The summed E-state index contributed by atoms with van der Waals surface area (Å²) in [7, 11) is 0. The summed E-state index contributed by atoms with van der Waals surface area (Å²) in [6.45, 7) is 5.59. The molecule has 8 heteroatoms. The van der Waals surface area contributed by atoms with Crippen molar-refractivity contribution < 1.29 is 9.59 Å². The molecule has 2 amide bonds. The van der Waals surface area contributed by atoms with E-state index in [-0.39, 0.29) is 48.7 Å². The highest BCUT2D eigenvalue weighted by molar-refractivity contribution is 6.05. The van der Waals surface area contributed by atoms with Gasteiger partial charge in [0.1, 0.15) is 0 Å². The first-order valence-electron chi connectivity index (χ1n) is 8.42. The molecule has 1 aliphatic rings. The highest BCUT2D eigenvalue weighted by Gasteiger charge is 2.28. The van der Waals surface area contributed by atoms with E-state index in [0.717, 1.165) is 6.54 Å². The first kappa shape index (κ1) is 22.9. The number of carbonyl (C=O) groups is 2. The predicted octanol–water partition coefficient (Wildman–Crippen LogP) is 3.00. The summed E-state index contributed by atoms with van der Waals surface area (Å²) in [6.07, 6.45) is 3.12. The molecule has 2 heterocycles. The van der Waals surface area contributed by atoms with Crippen LogP contribution in [0.1, 0.15) is 34.6 Å². The van der Waals surface area contributed by atoms with E-state index in [0.29, 0.717) is 23.4 Å². The Labute approximate surface area is 171 Å². The van der Waals surface area contributed by atoms with E-state index >= 15 is 0 Å². The van der Waals surface area contributed by atoms with Crippen LogP contribution in [0.15, 0.2) is 48.8 Å². The average molecular weight is 411 g/mol. The van der Waals surface area contributed by atoms with Crippen molar-refractivity contribution in [1.82, 2.24) is 15.2 Å². The largest absolute Gasteiger partial charge is 0.333 e. The molecule has 2 atom stereocenters. The minimum absolute atomic E-state index is 0. The third-order valence-electron chi connectivity index (χ3n) is 4.59. The molecule has 2 unspecified atom stereocenters. The number of nitrogens with zero attached hydrogens (tertiary/aromatic N) is 2. The lowest BCUT2D eigenvalue weighted by molar-refractivity contribution is 0.0603. The minimum atomic E-state index is -0.248. The molecule has 1 saturated heterocycles. The predicted molar refractivity (Wildman–Crippen MR) is 111 cm³/mol. The van der Waals surface area contributed by atoms with Gasteiger partial charge in [-0.05, 0) is 44.2 Å². The maximum Gasteiger partial charge on any atom is 0.257 e. The van der Waals surface area contributed by atoms with E-state index in [1.54, 1.807) is 42.6 Å². The van der Waals surface area contributed by atoms with Crippen molar-refractivity contribution in [2.45, 2.75) is 25.9 Å². The van der Waals surface area contributed by atoms with Gasteiger partial charge in [0.15, 0.2) is 0 Å². The Bertz CT molecular complexity index is 773. The standard InChI is InChI=1S/C19H22N4O2.2ClH/c1-13-14(2)23(10-9-21-13)19(25)15-5-3-7-17(11-15)22-18(24)16-6-4-8-20-12-16;;/h3-8,11-14,21H,9-10H2,1-2H3,(H,22,24);2*1H. The summed E-state index contributed by atoms with van der Waals surface area (Å²) in [5.74, 6) is -0.264. The number of piperazine rings is 1. The zero-order chi connectivity index (χ0) is 17.8. The number of hydrogen-bond acceptors (Lipinski definition) is 4. The monoisotopic (exact) mass is 410 g/mol. The molecule has 27 heavy (non-hydrogen) atoms. The summed E-state index contributed by atoms with van der Waals surface area (Å²) in [5, 5.41) is 6.18. The molecule has 146 valence electrons. The third kappa shape index (κ3) is 5.42. The van der Waals surface area contributed by atoms with E-state index in [4.69, 9.17) is 0 Å². The number of halogens is 2. The van der Waals surface area contributed by atoms with Crippen LogP contribution in [0.3, 0.4) is 0 Å². The second-order valence-electron chi connectivity index (χ2n) is 6.26. The first-order valence-corrected chi connectivity index (χ1v) is 8.42. The molecule has 0 aliphatic carbocycles. The lowest BCUT2D eigenvalue weighted by Gasteiger charge is -2.38. The molecule has 1 aliphatic heterocycles. The number of amides is 2. The molecule has 0 bridgehead atoms. The molecule has 3 rings (SSSR count). The number of nitrogens with one attached hydrogen (secondary N) is 2. The van der Waals surface area contributed by atoms with Crippen LogP contribution in [-0.2, 0) is 0 Å². The van der Waals surface area contributed by atoms with Crippen LogP contribution in [0, 0.1) is 0 Å². The molecule has 6 nitrogen and oxygen atoms in total. The van der Waals surface area contributed by atoms with Crippen LogP contribution in [-0.4, -0.2) is 46.9 Å². The first-order chi connectivity index (χ1) is 12.1. The Balaban J connectivity index is 0.00000182. The van der Waals surface area contributed by atoms with E-state index in [9.17, 15) is 9.59 Å². The van der Waals surface area contributed by atoms with Gasteiger partial charge in [0.2, 0.25) is 0 Å². The van der Waals surface area contributed by atoms with Crippen molar-refractivity contribution >= 4 is 42.3 Å². The minimum Gasteiger partial charge on any atom is -0.333 e. The Morgan fingerprint density at radius 3 is 2.59 bits per heavy atom. The van der Waals surface area contributed by atoms with Crippen molar-refractivity contribution in [3.05, 3.63) is 59.9 Å². The van der Waals surface area contributed by atoms with Gasteiger partial charge in [-0.1, -0.05) is 6.07 Å². The smallest absolute Gasteiger partial charge is 0.257 e. The summed E-state index contributed by atoms with van der Waals surface area (Å²) in [6, 6.07) is 10.8. The van der Waals surface area contributed by atoms with E-state index in [2.05, 4.69) is 22.5 Å². The average Bonchev–Trinajstić information content (AvgIpc) is 2.64. The Morgan fingerprint density at radius 1 is 1.15 bits per heavy atom. The number of rotatable bonds is 3. The molecule has 1 aromatic heterocycles. The van der Waals surface area contributed by atoms with Gasteiger partial charge in [0.25, 0.3) is 11.8 Å². The van der Waals surface area contributed by atoms with Crippen LogP contribution in [0.5, 0.6) is 0 Å². The molecule has 0 spiro atoms. The summed E-state index contributed by atoms with van der Waals surface area (Å²) < 4.78 is 0. The van der Waals surface area contributed by atoms with Gasteiger partial charge in [-0.25, -0.2) is 0 Å². The Kier molecular flexibility index (Phi) is 8.69. The zero-order valence-corrected chi connectivity index (χ0v) is 16.8. The number of benzene rings is 1. The number of aromatic nitrogens is 1. The SMILES string of the molecule is CC1NCCN(C(=O)c2cccc(NC(=O)c3cccnc3)c2)C1C.Cl.Cl. The van der Waals surface area contributed by atoms with Crippen LogP contribution >= 0.6 is 24.8 Å². The molecule has 2 aromatic rings. The number of hydrogen-bond donors (Lipinski definition) is 2. The third-order valence-corrected chi connectivity index (χ3v) is 4.59. The van der Waals surface area contributed by atoms with Gasteiger partial charge in [0.05, 0.1) is 5.56 Å². The summed E-state index contributed by atoms with van der Waals surface area (Å²) >= 11 is 0. The van der Waals surface area contributed by atoms with Crippen LogP contribution in [0.25, 0.3) is 0 Å². The van der Waals surface area contributed by atoms with Gasteiger partial charge in [-0.2, -0.15) is 0 Å². The Morgan fingerprint density at radius 2 is 1.89 bits per heavy atom. The van der Waals surface area contributed by atoms with E-state index < -0.39 is 0 Å². The van der Waals surface area contributed by atoms with Gasteiger partial charge >= 0.3 is 0 Å². The van der Waals surface area contributed by atoms with Gasteiger partial charge in [-0.15, -0.1) is 24.8 Å². The molecular weight excluding hydrogens is 387 g/mol. The van der Waals surface area contributed by atoms with Crippen molar-refractivity contribution in [2.75, 3.05) is 18.4 Å². The van der Waals surface area contributed by atoms with Gasteiger partial charge in [0, 0.05) is 48.8 Å². The lowest BCUT2D eigenvalue weighted by Crippen LogP contribution is -2.57. The molecule has 2 N–H and O–H groups in total. The van der Waals surface area contributed by atoms with Gasteiger partial charge < -0.3 is 15.5 Å². The fourth-order valence-corrected chi connectivity index (χ4v) is 2.94. The molecule has 0 radical (unpaired) electrons. The quantitative estimate of drug-likeness (QED) is 0.815. The van der Waals surface area contributed by atoms with Crippen LogP contribution < -0.4 is 10.6 Å². The molecule has 1 fully saturated rings. The Hall–Kier alpha value is -2.15. The maximum atomic E-state index is 12.8. The number of carbonyl (C=O) groups excluding carboxylic acids is 2. The lowest BCUT2D eigenvalue weighted by atomic mass is 10.0. The molecular formula is C19H24Cl2N4O2. The zero-order valence-electron chi connectivity index (χ0n) is 15.2. The number of anilines is 1. The van der Waals surface area contributed by atoms with Crippen LogP contribution in [0.4, 0.5) is 5.69 Å². The highest BCUT2D eigenvalue weighted by atomic mass is 35.5. The molecule has 0 saturated carbocycles. The van der Waals surface area contributed by atoms with Crippen molar-refractivity contribution in [3.8, 4) is 0 Å². The second kappa shape index (κ2) is 10.3. The summed E-state index contributed by atoms with van der Waals surface area (Å²) in [4.78, 5) is 30.9. The number of pyridine rings is 1. The maximum absolute atomic E-state index is 12.8. The normalized spacial score (nSPS) is 18.7. The highest BCUT2D eigenvalue weighted by Crippen LogP contribution is 2.17. The van der Waals surface area contributed by atoms with Crippen molar-refractivity contribution in [1.29, 1.82) is 0 Å². The summed E-state index contributed by atoms with van der Waals surface area (Å²) in [5.41, 5.74) is 1.64. The fraction of sp³-hybridized carbons (Fsp3) is 0.316. The fourth-order valence-electron chi connectivity index (χ4n) is 2.94. The van der Waals surface area contributed by atoms with E-state index in [1.165, 1.54) is 6.20 Å². The van der Waals surface area contributed by atoms with Crippen LogP contribution in [0.2, 0.25) is 0 Å². The molecule has 1 aromatic carbocycles. The second-order valence-corrected chi connectivity index (χ2v) is 6.26. The van der Waals surface area contributed by atoms with Crippen molar-refractivity contribution in [3.63, 3.8) is 0 Å². The van der Waals surface area contributed by atoms with E-state index in [1.807, 2.05) is 11.8 Å². The topological polar surface area (TPSA) is 74.3 Å². The van der Waals surface area contributed by atoms with Gasteiger partial charge in [-0.3, -0.25) is 14.6 Å².